The van der Waals surface area contributed by atoms with Crippen LogP contribution in [0.15, 0.2) is 42.5 Å². The average molecular weight is 448 g/mol. The topological polar surface area (TPSA) is 37.0 Å². The first-order valence-electron chi connectivity index (χ1n) is 12.8. The van der Waals surface area contributed by atoms with Crippen LogP contribution in [0.3, 0.4) is 0 Å². The average Bonchev–Trinajstić information content (AvgIpc) is 2.78. The molecule has 6 rings (SSSR count). The molecule has 1 spiro atoms. The molecule has 1 aliphatic carbocycles. The number of nitrogens with zero attached hydrogens (tertiary/aromatic N) is 2. The predicted octanol–water partition coefficient (Wildman–Crippen LogP) is 4.19. The normalized spacial score (nSPS) is 25.1. The van der Waals surface area contributed by atoms with Crippen LogP contribution in [0.5, 0.6) is 11.5 Å². The van der Waals surface area contributed by atoms with Crippen molar-refractivity contribution >= 4 is 0 Å². The first-order valence-corrected chi connectivity index (χ1v) is 12.8. The number of hydrogen-bond acceptors (Lipinski definition) is 5. The van der Waals surface area contributed by atoms with E-state index >= 15 is 0 Å². The fraction of sp³-hybridized carbons (Fsp3) is 0.571. The minimum Gasteiger partial charge on any atom is -0.486 e. The van der Waals surface area contributed by atoms with Crippen molar-refractivity contribution in [2.24, 2.45) is 5.41 Å². The molecule has 33 heavy (non-hydrogen) atoms. The van der Waals surface area contributed by atoms with Crippen LogP contribution in [0.1, 0.15) is 55.3 Å². The highest BCUT2D eigenvalue weighted by Crippen LogP contribution is 2.49. The molecule has 176 valence electrons. The summed E-state index contributed by atoms with van der Waals surface area (Å²) >= 11 is 0. The molecule has 3 heterocycles. The van der Waals surface area contributed by atoms with E-state index < -0.39 is 0 Å². The van der Waals surface area contributed by atoms with E-state index in [1.165, 1.54) is 42.6 Å². The summed E-state index contributed by atoms with van der Waals surface area (Å²) in [4.78, 5) is 5.48. The first-order chi connectivity index (χ1) is 16.1. The number of hydrogen-bond donors (Lipinski definition) is 1. The molecular weight excluding hydrogens is 410 g/mol. The van der Waals surface area contributed by atoms with Crippen LogP contribution in [-0.2, 0) is 6.54 Å². The molecule has 3 fully saturated rings. The van der Waals surface area contributed by atoms with Gasteiger partial charge in [0, 0.05) is 56.9 Å². The number of nitrogens with one attached hydrogen (secondary N) is 1. The molecule has 3 aliphatic heterocycles. The van der Waals surface area contributed by atoms with E-state index in [2.05, 4.69) is 65.4 Å². The fourth-order valence-corrected chi connectivity index (χ4v) is 6.49. The van der Waals surface area contributed by atoms with Gasteiger partial charge in [-0.1, -0.05) is 50.2 Å². The minimum absolute atomic E-state index is 0.449. The molecule has 2 aromatic rings. The number of ether oxygens (including phenoxy) is 2. The van der Waals surface area contributed by atoms with E-state index in [9.17, 15) is 0 Å². The molecule has 0 bridgehead atoms. The molecule has 1 N–H and O–H groups in total. The Kier molecular flexibility index (Phi) is 5.60. The summed E-state index contributed by atoms with van der Waals surface area (Å²) in [6, 6.07) is 16.7. The second-order valence-corrected chi connectivity index (χ2v) is 10.9. The van der Waals surface area contributed by atoms with Crippen LogP contribution in [0.4, 0.5) is 0 Å². The second-order valence-electron chi connectivity index (χ2n) is 10.9. The Bertz CT molecular complexity index is 994. The van der Waals surface area contributed by atoms with Gasteiger partial charge in [-0.25, -0.2) is 0 Å². The molecule has 0 radical (unpaired) electrons. The lowest BCUT2D eigenvalue weighted by Crippen LogP contribution is -2.67. The summed E-state index contributed by atoms with van der Waals surface area (Å²) in [6.45, 7) is 12.6. The maximum absolute atomic E-state index is 6.02. The number of rotatable bonds is 5. The van der Waals surface area contributed by atoms with Crippen molar-refractivity contribution in [3.63, 3.8) is 0 Å². The number of fused-ring (bicyclic) bond motifs is 1. The maximum atomic E-state index is 6.02. The zero-order chi connectivity index (χ0) is 22.4. The van der Waals surface area contributed by atoms with Crippen molar-refractivity contribution in [1.29, 1.82) is 0 Å². The summed E-state index contributed by atoms with van der Waals surface area (Å²) in [5.74, 6) is 2.38. The highest BCUT2D eigenvalue weighted by Gasteiger charge is 2.52. The van der Waals surface area contributed by atoms with Crippen molar-refractivity contribution in [2.75, 3.05) is 45.9 Å². The van der Waals surface area contributed by atoms with Crippen LogP contribution in [-0.4, -0.2) is 61.8 Å². The summed E-state index contributed by atoms with van der Waals surface area (Å²) in [7, 11) is 0. The molecule has 1 saturated carbocycles. The van der Waals surface area contributed by atoms with Gasteiger partial charge in [0.2, 0.25) is 0 Å². The van der Waals surface area contributed by atoms with Gasteiger partial charge in [0.1, 0.15) is 13.2 Å². The Morgan fingerprint density at radius 1 is 1.00 bits per heavy atom. The SMILES string of the molecule is CC(C)c1ccccc1[C@H]1CN(Cc2cccc3c2OCCO3)CCN1C1CC2(CNC2)C1. The van der Waals surface area contributed by atoms with Crippen LogP contribution >= 0.6 is 0 Å². The van der Waals surface area contributed by atoms with E-state index in [0.717, 1.165) is 43.7 Å². The summed E-state index contributed by atoms with van der Waals surface area (Å²) in [5, 5.41) is 3.50. The van der Waals surface area contributed by atoms with E-state index in [4.69, 9.17) is 9.47 Å². The zero-order valence-electron chi connectivity index (χ0n) is 20.1. The van der Waals surface area contributed by atoms with Gasteiger partial charge in [-0.3, -0.25) is 9.80 Å². The number of benzene rings is 2. The van der Waals surface area contributed by atoms with Gasteiger partial charge < -0.3 is 14.8 Å². The lowest BCUT2D eigenvalue weighted by atomic mass is 9.61. The first kappa shape index (κ1) is 21.5. The third-order valence-corrected chi connectivity index (χ3v) is 8.33. The van der Waals surface area contributed by atoms with Crippen molar-refractivity contribution in [1.82, 2.24) is 15.1 Å². The highest BCUT2D eigenvalue weighted by atomic mass is 16.6. The summed E-state index contributed by atoms with van der Waals surface area (Å²) < 4.78 is 11.9. The van der Waals surface area contributed by atoms with Gasteiger partial charge >= 0.3 is 0 Å². The lowest BCUT2D eigenvalue weighted by Gasteiger charge is -2.60. The Morgan fingerprint density at radius 2 is 1.82 bits per heavy atom. The smallest absolute Gasteiger partial charge is 0.165 e. The fourth-order valence-electron chi connectivity index (χ4n) is 6.49. The molecule has 0 amide bonds. The number of para-hydroxylation sites is 1. The van der Waals surface area contributed by atoms with Gasteiger partial charge in [-0.15, -0.1) is 0 Å². The zero-order valence-corrected chi connectivity index (χ0v) is 20.1. The van der Waals surface area contributed by atoms with Gasteiger partial charge in [0.15, 0.2) is 11.5 Å². The number of piperazine rings is 1. The lowest BCUT2D eigenvalue weighted by molar-refractivity contribution is -0.0748. The van der Waals surface area contributed by atoms with Crippen LogP contribution in [0.2, 0.25) is 0 Å². The molecule has 4 aliphatic rings. The Balaban J connectivity index is 1.26. The van der Waals surface area contributed by atoms with E-state index in [0.29, 0.717) is 30.6 Å². The quantitative estimate of drug-likeness (QED) is 0.744. The van der Waals surface area contributed by atoms with Crippen molar-refractivity contribution in [3.05, 3.63) is 59.2 Å². The van der Waals surface area contributed by atoms with Gasteiger partial charge in [0.05, 0.1) is 0 Å². The van der Waals surface area contributed by atoms with Crippen LogP contribution in [0, 0.1) is 5.41 Å². The molecular formula is C28H37N3O2. The second kappa shape index (κ2) is 8.61. The molecule has 2 saturated heterocycles. The Labute approximate surface area is 198 Å². The highest BCUT2D eigenvalue weighted by molar-refractivity contribution is 5.47. The monoisotopic (exact) mass is 447 g/mol. The van der Waals surface area contributed by atoms with Gasteiger partial charge in [-0.2, -0.15) is 0 Å². The van der Waals surface area contributed by atoms with Gasteiger partial charge in [0.25, 0.3) is 0 Å². The molecule has 5 nitrogen and oxygen atoms in total. The third kappa shape index (κ3) is 3.94. The van der Waals surface area contributed by atoms with Crippen LogP contribution in [0.25, 0.3) is 0 Å². The standard InChI is InChI=1S/C28H37N3O2/c1-20(2)23-7-3-4-8-24(23)25-17-30(10-11-31(25)22-14-28(15-22)18-29-19-28)16-21-6-5-9-26-27(21)33-13-12-32-26/h3-9,20,22,25,29H,10-19H2,1-2H3/t25-/m1/s1. The van der Waals surface area contributed by atoms with Crippen molar-refractivity contribution < 1.29 is 9.47 Å². The van der Waals surface area contributed by atoms with Crippen molar-refractivity contribution in [2.45, 2.75) is 51.2 Å². The van der Waals surface area contributed by atoms with E-state index in [1.807, 2.05) is 6.07 Å². The minimum atomic E-state index is 0.449. The molecule has 1 atom stereocenters. The molecule has 5 heteroatoms. The molecule has 0 unspecified atom stereocenters. The Hall–Kier alpha value is -2.08. The third-order valence-electron chi connectivity index (χ3n) is 8.33. The summed E-state index contributed by atoms with van der Waals surface area (Å²) in [5.41, 5.74) is 4.88. The van der Waals surface area contributed by atoms with Gasteiger partial charge in [-0.05, 0) is 41.4 Å². The maximum Gasteiger partial charge on any atom is 0.165 e. The van der Waals surface area contributed by atoms with Crippen LogP contribution < -0.4 is 14.8 Å². The van der Waals surface area contributed by atoms with Crippen molar-refractivity contribution in [3.8, 4) is 11.5 Å². The molecule has 2 aromatic carbocycles. The molecule has 0 aromatic heterocycles. The van der Waals surface area contributed by atoms with E-state index in [1.54, 1.807) is 0 Å². The summed E-state index contributed by atoms with van der Waals surface area (Å²) in [6.07, 6.45) is 2.72. The van der Waals surface area contributed by atoms with E-state index in [-0.39, 0.29) is 0 Å². The Morgan fingerprint density at radius 3 is 2.61 bits per heavy atom. The largest absolute Gasteiger partial charge is 0.486 e. The predicted molar refractivity (Wildman–Crippen MR) is 131 cm³/mol.